The Morgan fingerprint density at radius 1 is 1.19 bits per heavy atom. The van der Waals surface area contributed by atoms with Gasteiger partial charge in [0.05, 0.1) is 16.6 Å². The van der Waals surface area contributed by atoms with Crippen LogP contribution in [0.1, 0.15) is 13.8 Å². The van der Waals surface area contributed by atoms with Crippen molar-refractivity contribution in [2.24, 2.45) is 5.92 Å². The number of hydrogen-bond donors (Lipinski definition) is 0. The average molecular weight is 347 g/mol. The summed E-state index contributed by atoms with van der Waals surface area (Å²) in [6.07, 6.45) is 0. The topological polar surface area (TPSA) is 17.8 Å². The Morgan fingerprint density at radius 2 is 1.95 bits per heavy atom. The maximum absolute atomic E-state index is 14.2. The van der Waals surface area contributed by atoms with Crippen molar-refractivity contribution in [3.8, 4) is 11.4 Å². The number of rotatable bonds is 3. The summed E-state index contributed by atoms with van der Waals surface area (Å²) in [6, 6.07) is 12.9. The van der Waals surface area contributed by atoms with Gasteiger partial charge in [-0.2, -0.15) is 0 Å². The molecule has 3 rings (SSSR count). The first kappa shape index (κ1) is 14.3. The minimum absolute atomic E-state index is 0.251. The first-order chi connectivity index (χ1) is 10.1. The molecule has 0 aliphatic heterocycles. The van der Waals surface area contributed by atoms with Crippen LogP contribution in [0.25, 0.3) is 22.4 Å². The van der Waals surface area contributed by atoms with Crippen LogP contribution in [0.4, 0.5) is 4.39 Å². The van der Waals surface area contributed by atoms with E-state index in [2.05, 4.69) is 39.3 Å². The Morgan fingerprint density at radius 3 is 2.71 bits per heavy atom. The standard InChI is InChI=1S/C17H16BrFN2/c1-11(2)10-21-16-6-4-3-5-15(16)20-17(21)13-9-12(18)7-8-14(13)19/h3-9,11H,10H2,1-2H3. The molecule has 0 N–H and O–H groups in total. The molecule has 0 unspecified atom stereocenters. The Bertz CT molecular complexity index is 793. The zero-order chi connectivity index (χ0) is 15.0. The molecule has 2 aromatic carbocycles. The van der Waals surface area contributed by atoms with E-state index in [1.54, 1.807) is 12.1 Å². The highest BCUT2D eigenvalue weighted by Crippen LogP contribution is 2.29. The average Bonchev–Trinajstić information content (AvgIpc) is 2.80. The number of hydrogen-bond acceptors (Lipinski definition) is 1. The number of aromatic nitrogens is 2. The number of benzene rings is 2. The first-order valence-corrected chi connectivity index (χ1v) is 7.76. The lowest BCUT2D eigenvalue weighted by molar-refractivity contribution is 0.534. The van der Waals surface area contributed by atoms with Gasteiger partial charge in [-0.15, -0.1) is 0 Å². The zero-order valence-electron chi connectivity index (χ0n) is 12.0. The van der Waals surface area contributed by atoms with Gasteiger partial charge < -0.3 is 4.57 Å². The number of imidazole rings is 1. The van der Waals surface area contributed by atoms with Crippen molar-refractivity contribution in [3.05, 3.63) is 52.8 Å². The normalized spacial score (nSPS) is 11.5. The number of nitrogens with zero attached hydrogens (tertiary/aromatic N) is 2. The first-order valence-electron chi connectivity index (χ1n) is 6.97. The van der Waals surface area contributed by atoms with E-state index in [1.807, 2.05) is 24.3 Å². The number of halogens is 2. The van der Waals surface area contributed by atoms with Gasteiger partial charge in [0.1, 0.15) is 11.6 Å². The molecule has 0 aliphatic carbocycles. The molecule has 0 saturated heterocycles. The maximum atomic E-state index is 14.2. The third-order valence-corrected chi connectivity index (χ3v) is 3.86. The van der Waals surface area contributed by atoms with Crippen molar-refractivity contribution in [1.29, 1.82) is 0 Å². The maximum Gasteiger partial charge on any atom is 0.144 e. The van der Waals surface area contributed by atoms with Gasteiger partial charge in [-0.1, -0.05) is 41.9 Å². The second kappa shape index (κ2) is 5.60. The highest BCUT2D eigenvalue weighted by Gasteiger charge is 2.16. The summed E-state index contributed by atoms with van der Waals surface area (Å²) in [6.45, 7) is 5.10. The molecule has 0 saturated carbocycles. The third-order valence-electron chi connectivity index (χ3n) is 3.37. The molecular formula is C17H16BrFN2. The molecule has 108 valence electrons. The van der Waals surface area contributed by atoms with E-state index in [9.17, 15) is 4.39 Å². The van der Waals surface area contributed by atoms with E-state index in [-0.39, 0.29) is 5.82 Å². The predicted molar refractivity (Wildman–Crippen MR) is 87.7 cm³/mol. The van der Waals surface area contributed by atoms with Crippen molar-refractivity contribution < 1.29 is 4.39 Å². The molecule has 0 bridgehead atoms. The van der Waals surface area contributed by atoms with Crippen molar-refractivity contribution >= 4 is 27.0 Å². The van der Waals surface area contributed by atoms with Gasteiger partial charge in [-0.25, -0.2) is 9.37 Å². The van der Waals surface area contributed by atoms with E-state index in [0.29, 0.717) is 17.3 Å². The molecule has 0 atom stereocenters. The molecule has 0 spiro atoms. The van der Waals surface area contributed by atoms with Gasteiger partial charge in [0.2, 0.25) is 0 Å². The largest absolute Gasteiger partial charge is 0.324 e. The van der Waals surface area contributed by atoms with Crippen LogP contribution in [0.5, 0.6) is 0 Å². The Hall–Kier alpha value is -1.68. The van der Waals surface area contributed by atoms with Gasteiger partial charge in [0, 0.05) is 11.0 Å². The summed E-state index contributed by atoms with van der Waals surface area (Å²) in [7, 11) is 0. The van der Waals surface area contributed by atoms with Crippen LogP contribution in [0, 0.1) is 11.7 Å². The zero-order valence-corrected chi connectivity index (χ0v) is 13.6. The van der Waals surface area contributed by atoms with Crippen LogP contribution in [-0.4, -0.2) is 9.55 Å². The molecule has 3 aromatic rings. The summed E-state index contributed by atoms with van der Waals surface area (Å²) < 4.78 is 17.2. The minimum Gasteiger partial charge on any atom is -0.324 e. The number of fused-ring (bicyclic) bond motifs is 1. The molecule has 0 radical (unpaired) electrons. The van der Waals surface area contributed by atoms with E-state index in [0.717, 1.165) is 22.1 Å². The molecular weight excluding hydrogens is 331 g/mol. The van der Waals surface area contributed by atoms with E-state index < -0.39 is 0 Å². The van der Waals surface area contributed by atoms with Crippen LogP contribution < -0.4 is 0 Å². The molecule has 1 heterocycles. The van der Waals surface area contributed by atoms with Crippen molar-refractivity contribution in [2.45, 2.75) is 20.4 Å². The van der Waals surface area contributed by atoms with Crippen molar-refractivity contribution in [2.75, 3.05) is 0 Å². The third kappa shape index (κ3) is 2.72. The molecule has 0 fully saturated rings. The SMILES string of the molecule is CC(C)Cn1c(-c2cc(Br)ccc2F)nc2ccccc21. The summed E-state index contributed by atoms with van der Waals surface area (Å²) in [5, 5.41) is 0. The molecule has 2 nitrogen and oxygen atoms in total. The van der Waals surface area contributed by atoms with Crippen molar-refractivity contribution in [1.82, 2.24) is 9.55 Å². The fourth-order valence-corrected chi connectivity index (χ4v) is 2.86. The van der Waals surface area contributed by atoms with Crippen molar-refractivity contribution in [3.63, 3.8) is 0 Å². The lowest BCUT2D eigenvalue weighted by atomic mass is 10.1. The summed E-state index contributed by atoms with van der Waals surface area (Å²) in [5.74, 6) is 0.888. The van der Waals surface area contributed by atoms with E-state index in [4.69, 9.17) is 0 Å². The summed E-state index contributed by atoms with van der Waals surface area (Å²) >= 11 is 3.41. The summed E-state index contributed by atoms with van der Waals surface area (Å²) in [4.78, 5) is 4.64. The smallest absolute Gasteiger partial charge is 0.144 e. The Labute approximate surface area is 131 Å². The molecule has 1 aromatic heterocycles. The van der Waals surface area contributed by atoms with Gasteiger partial charge in [-0.3, -0.25) is 0 Å². The fourth-order valence-electron chi connectivity index (χ4n) is 2.50. The highest BCUT2D eigenvalue weighted by molar-refractivity contribution is 9.10. The Balaban J connectivity index is 2.28. The van der Waals surface area contributed by atoms with Crippen LogP contribution in [-0.2, 0) is 6.54 Å². The number of para-hydroxylation sites is 2. The molecule has 4 heteroatoms. The Kier molecular flexibility index (Phi) is 3.81. The van der Waals surface area contributed by atoms with Gasteiger partial charge in [0.15, 0.2) is 0 Å². The fraction of sp³-hybridized carbons (Fsp3) is 0.235. The monoisotopic (exact) mass is 346 g/mol. The highest BCUT2D eigenvalue weighted by atomic mass is 79.9. The minimum atomic E-state index is -0.251. The van der Waals surface area contributed by atoms with Crippen LogP contribution in [0.2, 0.25) is 0 Å². The predicted octanol–water partition coefficient (Wildman–Crippen LogP) is 5.26. The van der Waals surface area contributed by atoms with E-state index in [1.165, 1.54) is 6.07 Å². The lowest BCUT2D eigenvalue weighted by Gasteiger charge is -2.12. The molecule has 0 aliphatic rings. The van der Waals surface area contributed by atoms with Crippen LogP contribution >= 0.6 is 15.9 Å². The van der Waals surface area contributed by atoms with Gasteiger partial charge in [-0.05, 0) is 36.2 Å². The second-order valence-electron chi connectivity index (χ2n) is 5.55. The lowest BCUT2D eigenvalue weighted by Crippen LogP contribution is -2.06. The van der Waals surface area contributed by atoms with Crippen LogP contribution in [0.15, 0.2) is 46.9 Å². The van der Waals surface area contributed by atoms with Gasteiger partial charge in [0.25, 0.3) is 0 Å². The second-order valence-corrected chi connectivity index (χ2v) is 6.47. The van der Waals surface area contributed by atoms with E-state index >= 15 is 0 Å². The van der Waals surface area contributed by atoms with Gasteiger partial charge >= 0.3 is 0 Å². The van der Waals surface area contributed by atoms with Crippen LogP contribution in [0.3, 0.4) is 0 Å². The summed E-state index contributed by atoms with van der Waals surface area (Å²) in [5.41, 5.74) is 2.47. The quantitative estimate of drug-likeness (QED) is 0.632. The molecule has 21 heavy (non-hydrogen) atoms. The molecule has 0 amide bonds.